The number of para-hydroxylation sites is 1. The first-order valence-electron chi connectivity index (χ1n) is 7.16. The Labute approximate surface area is 129 Å². The maximum Gasteiger partial charge on any atom is 0.236 e. The van der Waals surface area contributed by atoms with Crippen LogP contribution in [0.5, 0.6) is 0 Å². The third-order valence-electron chi connectivity index (χ3n) is 3.31. The second-order valence-electron chi connectivity index (χ2n) is 5.59. The van der Waals surface area contributed by atoms with Crippen molar-refractivity contribution in [1.29, 1.82) is 0 Å². The van der Waals surface area contributed by atoms with Gasteiger partial charge in [0.05, 0.1) is 6.04 Å². The summed E-state index contributed by atoms with van der Waals surface area (Å²) >= 11 is 6.13. The first-order chi connectivity index (χ1) is 9.99. The lowest BCUT2D eigenvalue weighted by Crippen LogP contribution is -2.42. The van der Waals surface area contributed by atoms with E-state index in [9.17, 15) is 4.79 Å². The van der Waals surface area contributed by atoms with Crippen LogP contribution in [0.15, 0.2) is 28.7 Å². The largest absolute Gasteiger partial charge is 0.444 e. The van der Waals surface area contributed by atoms with Gasteiger partial charge in [-0.25, -0.2) is 0 Å². The highest BCUT2D eigenvalue weighted by atomic mass is 35.5. The van der Waals surface area contributed by atoms with Gasteiger partial charge >= 0.3 is 0 Å². The predicted molar refractivity (Wildman–Crippen MR) is 85.4 cm³/mol. The topological polar surface area (TPSA) is 54.3 Å². The Kier molecular flexibility index (Phi) is 5.26. The zero-order chi connectivity index (χ0) is 15.4. The van der Waals surface area contributed by atoms with E-state index >= 15 is 0 Å². The quantitative estimate of drug-likeness (QED) is 0.860. The number of hydrogen-bond acceptors (Lipinski definition) is 3. The maximum absolute atomic E-state index is 11.9. The van der Waals surface area contributed by atoms with Crippen LogP contribution >= 0.6 is 11.6 Å². The molecule has 1 atom stereocenters. The minimum absolute atomic E-state index is 0.00683. The molecule has 2 N–H and O–H groups in total. The smallest absolute Gasteiger partial charge is 0.236 e. The highest BCUT2D eigenvalue weighted by molar-refractivity contribution is 6.30. The lowest BCUT2D eigenvalue weighted by Gasteiger charge is -2.15. The Morgan fingerprint density at radius 1 is 1.29 bits per heavy atom. The van der Waals surface area contributed by atoms with Crippen LogP contribution in [-0.4, -0.2) is 18.5 Å². The Bertz CT molecular complexity index is 622. The zero-order valence-electron chi connectivity index (χ0n) is 12.6. The number of carbonyl (C=O) groups excluding carboxylic acids is 1. The number of halogens is 1. The van der Waals surface area contributed by atoms with Gasteiger partial charge in [0.25, 0.3) is 0 Å². The van der Waals surface area contributed by atoms with Crippen molar-refractivity contribution in [2.75, 3.05) is 6.54 Å². The number of carbonyl (C=O) groups is 1. The second-order valence-corrected chi connectivity index (χ2v) is 5.94. The molecule has 0 aliphatic carbocycles. The molecule has 1 heterocycles. The molecule has 4 nitrogen and oxygen atoms in total. The summed E-state index contributed by atoms with van der Waals surface area (Å²) in [5, 5.41) is 7.44. The zero-order valence-corrected chi connectivity index (χ0v) is 13.3. The summed E-state index contributed by atoms with van der Waals surface area (Å²) in [6.07, 6.45) is 0. The summed E-state index contributed by atoms with van der Waals surface area (Å²) in [5.41, 5.74) is 1.65. The lowest BCUT2D eigenvalue weighted by molar-refractivity contribution is -0.122. The van der Waals surface area contributed by atoms with E-state index in [1.54, 1.807) is 0 Å². The molecule has 0 spiro atoms. The summed E-state index contributed by atoms with van der Waals surface area (Å²) < 4.78 is 5.50. The molecule has 2 aromatic rings. The van der Waals surface area contributed by atoms with E-state index in [1.807, 2.05) is 31.2 Å². The van der Waals surface area contributed by atoms with Crippen molar-refractivity contribution < 1.29 is 9.21 Å². The van der Waals surface area contributed by atoms with Crippen LogP contribution in [0.1, 0.15) is 26.3 Å². The predicted octanol–water partition coefficient (Wildman–Crippen LogP) is 3.34. The molecule has 1 aromatic heterocycles. The van der Waals surface area contributed by atoms with Crippen LogP contribution in [0.25, 0.3) is 11.0 Å². The van der Waals surface area contributed by atoms with E-state index in [2.05, 4.69) is 24.5 Å². The number of hydrogen-bond donors (Lipinski definition) is 2. The molecule has 1 aromatic carbocycles. The Hall–Kier alpha value is -1.52. The molecule has 0 radical (unpaired) electrons. The normalized spacial score (nSPS) is 12.8. The molecule has 5 heteroatoms. The fourth-order valence-corrected chi connectivity index (χ4v) is 2.29. The molecule has 114 valence electrons. The van der Waals surface area contributed by atoms with Gasteiger partial charge in [0.15, 0.2) is 5.22 Å². The van der Waals surface area contributed by atoms with Crippen LogP contribution < -0.4 is 10.6 Å². The van der Waals surface area contributed by atoms with Gasteiger partial charge in [0.1, 0.15) is 5.58 Å². The standard InChI is InChI=1S/C16H21ClN2O2/c1-10(2)8-19-16(20)11(3)18-9-13-12-6-4-5-7-14(12)21-15(13)17/h4-7,10-11,18H,8-9H2,1-3H3,(H,19,20). The minimum Gasteiger partial charge on any atom is -0.444 e. The van der Waals surface area contributed by atoms with Crippen molar-refractivity contribution in [2.45, 2.75) is 33.4 Å². The lowest BCUT2D eigenvalue weighted by atomic mass is 10.1. The van der Waals surface area contributed by atoms with E-state index in [0.717, 1.165) is 16.5 Å². The first kappa shape index (κ1) is 15.9. The molecule has 0 saturated carbocycles. The monoisotopic (exact) mass is 308 g/mol. The number of furan rings is 1. The molecule has 1 amide bonds. The minimum atomic E-state index is -0.284. The SMILES string of the molecule is CC(C)CNC(=O)C(C)NCc1c(Cl)oc2ccccc12. The highest BCUT2D eigenvalue weighted by Gasteiger charge is 2.16. The number of nitrogens with one attached hydrogen (secondary N) is 2. The third-order valence-corrected chi connectivity index (χ3v) is 3.62. The van der Waals surface area contributed by atoms with Gasteiger partial charge in [-0.1, -0.05) is 32.0 Å². The van der Waals surface area contributed by atoms with E-state index in [-0.39, 0.29) is 11.9 Å². The van der Waals surface area contributed by atoms with Gasteiger partial charge in [-0.05, 0) is 30.5 Å². The van der Waals surface area contributed by atoms with Crippen LogP contribution in [0.4, 0.5) is 0 Å². The molecule has 21 heavy (non-hydrogen) atoms. The average molecular weight is 309 g/mol. The van der Waals surface area contributed by atoms with Crippen molar-refractivity contribution in [2.24, 2.45) is 5.92 Å². The molecular formula is C16H21ClN2O2. The summed E-state index contributed by atoms with van der Waals surface area (Å²) in [5.74, 6) is 0.432. The third kappa shape index (κ3) is 3.99. The van der Waals surface area contributed by atoms with Crippen molar-refractivity contribution in [3.63, 3.8) is 0 Å². The summed E-state index contributed by atoms with van der Waals surface area (Å²) in [4.78, 5) is 11.9. The first-order valence-corrected chi connectivity index (χ1v) is 7.53. The van der Waals surface area contributed by atoms with Crippen molar-refractivity contribution >= 4 is 28.5 Å². The van der Waals surface area contributed by atoms with Crippen LogP contribution in [-0.2, 0) is 11.3 Å². The molecule has 0 fully saturated rings. The fraction of sp³-hybridized carbons (Fsp3) is 0.438. The van der Waals surface area contributed by atoms with Crippen LogP contribution in [0.2, 0.25) is 5.22 Å². The van der Waals surface area contributed by atoms with Crippen molar-refractivity contribution in [1.82, 2.24) is 10.6 Å². The van der Waals surface area contributed by atoms with E-state index in [0.29, 0.717) is 24.2 Å². The van der Waals surface area contributed by atoms with Crippen LogP contribution in [0.3, 0.4) is 0 Å². The second kappa shape index (κ2) is 6.96. The van der Waals surface area contributed by atoms with Crippen molar-refractivity contribution in [3.8, 4) is 0 Å². The van der Waals surface area contributed by atoms with E-state index in [1.165, 1.54) is 0 Å². The van der Waals surface area contributed by atoms with Gasteiger partial charge in [-0.3, -0.25) is 4.79 Å². The molecule has 0 aliphatic rings. The van der Waals surface area contributed by atoms with E-state index in [4.69, 9.17) is 16.0 Å². The molecule has 1 unspecified atom stereocenters. The van der Waals surface area contributed by atoms with Gasteiger partial charge in [-0.15, -0.1) is 0 Å². The van der Waals surface area contributed by atoms with Gasteiger partial charge < -0.3 is 15.1 Å². The maximum atomic E-state index is 11.9. The molecule has 2 rings (SSSR count). The highest BCUT2D eigenvalue weighted by Crippen LogP contribution is 2.29. The van der Waals surface area contributed by atoms with Gasteiger partial charge in [0, 0.05) is 24.0 Å². The number of fused-ring (bicyclic) bond motifs is 1. The Morgan fingerprint density at radius 3 is 2.71 bits per heavy atom. The average Bonchev–Trinajstić information content (AvgIpc) is 2.77. The number of rotatable bonds is 6. The molecule has 0 bridgehead atoms. The molecule has 0 aliphatic heterocycles. The van der Waals surface area contributed by atoms with Crippen LogP contribution in [0, 0.1) is 5.92 Å². The van der Waals surface area contributed by atoms with Gasteiger partial charge in [-0.2, -0.15) is 0 Å². The number of benzene rings is 1. The molecule has 0 saturated heterocycles. The fourth-order valence-electron chi connectivity index (χ4n) is 2.04. The Morgan fingerprint density at radius 2 is 2.00 bits per heavy atom. The summed E-state index contributed by atoms with van der Waals surface area (Å²) in [7, 11) is 0. The molecular weight excluding hydrogens is 288 g/mol. The Balaban J connectivity index is 1.98. The number of amides is 1. The summed E-state index contributed by atoms with van der Waals surface area (Å²) in [6.45, 7) is 7.14. The van der Waals surface area contributed by atoms with E-state index < -0.39 is 0 Å². The van der Waals surface area contributed by atoms with Crippen molar-refractivity contribution in [3.05, 3.63) is 35.0 Å². The van der Waals surface area contributed by atoms with Gasteiger partial charge in [0.2, 0.25) is 5.91 Å². The summed E-state index contributed by atoms with van der Waals surface area (Å²) in [6, 6.07) is 7.40.